The second-order valence-corrected chi connectivity index (χ2v) is 6.36. The molecule has 0 aromatic heterocycles. The van der Waals surface area contributed by atoms with E-state index in [0.717, 1.165) is 23.2 Å². The molecule has 1 unspecified atom stereocenters. The Morgan fingerprint density at radius 3 is 2.42 bits per heavy atom. The van der Waals surface area contributed by atoms with E-state index in [-0.39, 0.29) is 0 Å². The van der Waals surface area contributed by atoms with Crippen molar-refractivity contribution in [3.8, 4) is 0 Å². The third-order valence-electron chi connectivity index (χ3n) is 2.87. The Balaban J connectivity index is 1.88. The second kappa shape index (κ2) is 6.73. The lowest BCUT2D eigenvalue weighted by Gasteiger charge is -2.05. The van der Waals surface area contributed by atoms with Gasteiger partial charge in [-0.2, -0.15) is 0 Å². The van der Waals surface area contributed by atoms with Crippen LogP contribution in [-0.4, -0.2) is 9.96 Å². The molecule has 0 bridgehead atoms. The van der Waals surface area contributed by atoms with Crippen LogP contribution in [0.15, 0.2) is 48.5 Å². The van der Waals surface area contributed by atoms with Crippen LogP contribution in [-0.2, 0) is 23.0 Å². The first-order valence-corrected chi connectivity index (χ1v) is 7.94. The summed E-state index contributed by atoms with van der Waals surface area (Å²) in [6.45, 7) is 0. The average molecular weight is 294 g/mol. The summed E-state index contributed by atoms with van der Waals surface area (Å²) in [5.41, 5.74) is 8.48. The highest BCUT2D eigenvalue weighted by Gasteiger charge is 2.05. The van der Waals surface area contributed by atoms with Crippen molar-refractivity contribution in [3.05, 3.63) is 64.7 Å². The number of nitrogen functional groups attached to an aromatic ring is 1. The largest absolute Gasteiger partial charge is 0.399 e. The van der Waals surface area contributed by atoms with Crippen LogP contribution in [0.1, 0.15) is 11.1 Å². The molecule has 1 atom stereocenters. The predicted octanol–water partition coefficient (Wildman–Crippen LogP) is 3.41. The third kappa shape index (κ3) is 4.37. The molecule has 0 amide bonds. The van der Waals surface area contributed by atoms with Crippen molar-refractivity contribution in [2.45, 2.75) is 12.2 Å². The fraction of sp³-hybridized carbons (Fsp3) is 0.200. The predicted molar refractivity (Wildman–Crippen MR) is 82.7 cm³/mol. The summed E-state index contributed by atoms with van der Waals surface area (Å²) < 4.78 is 12.0. The fourth-order valence-corrected chi connectivity index (χ4v) is 3.27. The molecule has 0 aliphatic heterocycles. The van der Waals surface area contributed by atoms with Crippen molar-refractivity contribution < 1.29 is 4.21 Å². The molecule has 2 nitrogen and oxygen atoms in total. The van der Waals surface area contributed by atoms with Gasteiger partial charge in [0.05, 0.1) is 5.75 Å². The van der Waals surface area contributed by atoms with E-state index < -0.39 is 10.8 Å². The second-order valence-electron chi connectivity index (χ2n) is 4.37. The summed E-state index contributed by atoms with van der Waals surface area (Å²) in [5.74, 6) is 1.14. The number of benzene rings is 2. The molecule has 0 aliphatic rings. The number of rotatable bonds is 5. The molecule has 2 rings (SSSR count). The molecule has 100 valence electrons. The van der Waals surface area contributed by atoms with Crippen LogP contribution >= 0.6 is 11.6 Å². The molecule has 2 aromatic rings. The maximum atomic E-state index is 12.0. The summed E-state index contributed by atoms with van der Waals surface area (Å²) in [4.78, 5) is 0. The molecule has 19 heavy (non-hydrogen) atoms. The van der Waals surface area contributed by atoms with Gasteiger partial charge >= 0.3 is 0 Å². The Morgan fingerprint density at radius 2 is 1.74 bits per heavy atom. The van der Waals surface area contributed by atoms with E-state index in [1.54, 1.807) is 0 Å². The van der Waals surface area contributed by atoms with E-state index >= 15 is 0 Å². The Labute approximate surface area is 121 Å². The van der Waals surface area contributed by atoms with Crippen molar-refractivity contribution in [2.24, 2.45) is 0 Å². The van der Waals surface area contributed by atoms with Crippen LogP contribution in [0.25, 0.3) is 0 Å². The molecular weight excluding hydrogens is 278 g/mol. The van der Waals surface area contributed by atoms with Gasteiger partial charge in [-0.05, 0) is 35.7 Å². The third-order valence-corrected chi connectivity index (χ3v) is 4.53. The number of nitrogens with two attached hydrogens (primary N) is 1. The molecular formula is C15H16ClNOS. The van der Waals surface area contributed by atoms with Crippen molar-refractivity contribution in [1.82, 2.24) is 0 Å². The summed E-state index contributed by atoms with van der Waals surface area (Å²) in [7, 11) is -0.903. The molecule has 2 aromatic carbocycles. The first kappa shape index (κ1) is 14.1. The van der Waals surface area contributed by atoms with Crippen LogP contribution in [0.2, 0.25) is 5.02 Å². The highest BCUT2D eigenvalue weighted by molar-refractivity contribution is 7.84. The smallest absolute Gasteiger partial charge is 0.0500 e. The average Bonchev–Trinajstić information content (AvgIpc) is 2.41. The zero-order chi connectivity index (χ0) is 13.7. The van der Waals surface area contributed by atoms with Crippen LogP contribution in [0, 0.1) is 0 Å². The van der Waals surface area contributed by atoms with Gasteiger partial charge in [-0.1, -0.05) is 41.9 Å². The quantitative estimate of drug-likeness (QED) is 0.859. The van der Waals surface area contributed by atoms with Crippen LogP contribution in [0.5, 0.6) is 0 Å². The monoisotopic (exact) mass is 293 g/mol. The van der Waals surface area contributed by atoms with Gasteiger partial charge in [-0.15, -0.1) is 0 Å². The highest BCUT2D eigenvalue weighted by atomic mass is 35.5. The van der Waals surface area contributed by atoms with Gasteiger partial charge in [-0.3, -0.25) is 4.21 Å². The maximum absolute atomic E-state index is 12.0. The number of hydrogen-bond donors (Lipinski definition) is 1. The van der Waals surface area contributed by atoms with E-state index in [4.69, 9.17) is 17.3 Å². The Kier molecular flexibility index (Phi) is 5.00. The van der Waals surface area contributed by atoms with E-state index in [0.29, 0.717) is 16.5 Å². The minimum atomic E-state index is -0.903. The summed E-state index contributed by atoms with van der Waals surface area (Å²) >= 11 is 6.05. The molecule has 0 aliphatic carbocycles. The lowest BCUT2D eigenvalue weighted by molar-refractivity contribution is 0.682. The molecule has 0 radical (unpaired) electrons. The van der Waals surface area contributed by atoms with Crippen LogP contribution < -0.4 is 5.73 Å². The lowest BCUT2D eigenvalue weighted by Crippen LogP contribution is -2.04. The van der Waals surface area contributed by atoms with Gasteiger partial charge in [0.25, 0.3) is 0 Å². The highest BCUT2D eigenvalue weighted by Crippen LogP contribution is 2.17. The fourth-order valence-electron chi connectivity index (χ4n) is 1.78. The van der Waals surface area contributed by atoms with E-state index in [9.17, 15) is 4.21 Å². The van der Waals surface area contributed by atoms with Crippen LogP contribution in [0.4, 0.5) is 5.69 Å². The molecule has 4 heteroatoms. The van der Waals surface area contributed by atoms with Gasteiger partial charge in [0.15, 0.2) is 0 Å². The minimum absolute atomic E-state index is 0.509. The van der Waals surface area contributed by atoms with Crippen LogP contribution in [0.3, 0.4) is 0 Å². The van der Waals surface area contributed by atoms with Gasteiger partial charge in [-0.25, -0.2) is 0 Å². The van der Waals surface area contributed by atoms with E-state index in [1.807, 2.05) is 48.5 Å². The number of hydrogen-bond acceptors (Lipinski definition) is 2. The molecule has 0 spiro atoms. The van der Waals surface area contributed by atoms with Crippen molar-refractivity contribution in [3.63, 3.8) is 0 Å². The van der Waals surface area contributed by atoms with Gasteiger partial charge in [0.1, 0.15) is 0 Å². The molecule has 0 saturated heterocycles. The summed E-state index contributed by atoms with van der Waals surface area (Å²) in [6.07, 6.45) is 0.789. The standard InChI is InChI=1S/C15H16ClNOS/c16-15-4-2-1-3-13(15)11-19(18)10-9-12-5-7-14(17)8-6-12/h1-8H,9-11,17H2. The Morgan fingerprint density at radius 1 is 1.05 bits per heavy atom. The van der Waals surface area contributed by atoms with E-state index in [2.05, 4.69) is 0 Å². The molecule has 0 saturated carbocycles. The number of aryl methyl sites for hydroxylation is 1. The minimum Gasteiger partial charge on any atom is -0.399 e. The number of anilines is 1. The molecule has 2 N–H and O–H groups in total. The molecule has 0 heterocycles. The topological polar surface area (TPSA) is 43.1 Å². The first-order chi connectivity index (χ1) is 9.15. The SMILES string of the molecule is Nc1ccc(CCS(=O)Cc2ccccc2Cl)cc1. The molecule has 0 fully saturated rings. The summed E-state index contributed by atoms with van der Waals surface area (Å²) in [5, 5.41) is 0.684. The zero-order valence-electron chi connectivity index (χ0n) is 10.5. The maximum Gasteiger partial charge on any atom is 0.0500 e. The van der Waals surface area contributed by atoms with Gasteiger partial charge in [0.2, 0.25) is 0 Å². The van der Waals surface area contributed by atoms with Crippen molar-refractivity contribution >= 4 is 28.1 Å². The van der Waals surface area contributed by atoms with Crippen molar-refractivity contribution in [2.75, 3.05) is 11.5 Å². The zero-order valence-corrected chi connectivity index (χ0v) is 12.1. The van der Waals surface area contributed by atoms with E-state index in [1.165, 1.54) is 0 Å². The Bertz CT molecular complexity index is 569. The lowest BCUT2D eigenvalue weighted by atomic mass is 10.2. The first-order valence-electron chi connectivity index (χ1n) is 6.08. The van der Waals surface area contributed by atoms with Crippen molar-refractivity contribution in [1.29, 1.82) is 0 Å². The summed E-state index contributed by atoms with van der Waals surface area (Å²) in [6, 6.07) is 15.2. The normalized spacial score (nSPS) is 12.3. The number of halogens is 1. The van der Waals surface area contributed by atoms with Gasteiger partial charge in [0, 0.05) is 27.3 Å². The van der Waals surface area contributed by atoms with Gasteiger partial charge < -0.3 is 5.73 Å². The Hall–Kier alpha value is -1.32.